The quantitative estimate of drug-likeness (QED) is 0.240. The van der Waals surface area contributed by atoms with Crippen LogP contribution in [0.4, 0.5) is 5.95 Å². The summed E-state index contributed by atoms with van der Waals surface area (Å²) in [5, 5.41) is 9.07. The van der Waals surface area contributed by atoms with Crippen LogP contribution in [-0.2, 0) is 17.9 Å². The maximum Gasteiger partial charge on any atom is 0.224 e. The zero-order valence-electron chi connectivity index (χ0n) is 22.4. The molecule has 39 heavy (non-hydrogen) atoms. The Bertz CT molecular complexity index is 1350. The van der Waals surface area contributed by atoms with Gasteiger partial charge < -0.3 is 19.5 Å². The fraction of sp³-hybridized carbons (Fsp3) is 0.464. The van der Waals surface area contributed by atoms with Gasteiger partial charge >= 0.3 is 0 Å². The van der Waals surface area contributed by atoms with Crippen molar-refractivity contribution in [2.24, 2.45) is 0 Å². The van der Waals surface area contributed by atoms with Gasteiger partial charge in [-0.2, -0.15) is 21.8 Å². The molecule has 4 aromatic rings. The molecule has 3 aromatic heterocycles. The van der Waals surface area contributed by atoms with Crippen LogP contribution in [0.1, 0.15) is 44.3 Å². The highest BCUT2D eigenvalue weighted by Crippen LogP contribution is 2.27. The molecule has 1 fully saturated rings. The lowest BCUT2D eigenvalue weighted by Gasteiger charge is -2.23. The second-order valence-electron chi connectivity index (χ2n) is 9.77. The largest absolute Gasteiger partial charge is 0.493 e. The van der Waals surface area contributed by atoms with Crippen molar-refractivity contribution < 1.29 is 9.53 Å². The summed E-state index contributed by atoms with van der Waals surface area (Å²) < 4.78 is 9.91. The van der Waals surface area contributed by atoms with Crippen LogP contribution in [0.15, 0.2) is 49.1 Å². The number of amides is 1. The van der Waals surface area contributed by atoms with Gasteiger partial charge in [0.1, 0.15) is 11.6 Å². The van der Waals surface area contributed by atoms with Gasteiger partial charge in [0, 0.05) is 43.8 Å². The Morgan fingerprint density at radius 1 is 1.13 bits per heavy atom. The number of aromatic nitrogens is 6. The van der Waals surface area contributed by atoms with Gasteiger partial charge in [0.05, 0.1) is 30.3 Å². The number of hydrogen-bond donors (Lipinski definition) is 1. The number of anilines is 1. The summed E-state index contributed by atoms with van der Waals surface area (Å²) in [4.78, 5) is 25.3. The lowest BCUT2D eigenvalue weighted by atomic mass is 9.96. The number of hydrogen-bond acceptors (Lipinski definition) is 8. The molecule has 0 saturated heterocycles. The minimum absolute atomic E-state index is 0.472. The Kier molecular flexibility index (Phi) is 9.31. The van der Waals surface area contributed by atoms with E-state index in [1.54, 1.807) is 17.3 Å². The van der Waals surface area contributed by atoms with Crippen LogP contribution in [0.2, 0.25) is 0 Å². The minimum atomic E-state index is 0.472. The first-order chi connectivity index (χ1) is 19.2. The highest BCUT2D eigenvalue weighted by atomic mass is 32.2. The van der Waals surface area contributed by atoms with Gasteiger partial charge in [0.25, 0.3) is 0 Å². The molecule has 11 heteroatoms. The molecule has 0 radical (unpaired) electrons. The number of nitrogens with one attached hydrogen (secondary N) is 1. The number of carbonyl (C=O) groups is 1. The second-order valence-corrected chi connectivity index (χ2v) is 10.8. The van der Waals surface area contributed by atoms with Crippen molar-refractivity contribution in [2.45, 2.75) is 57.7 Å². The van der Waals surface area contributed by atoms with Crippen LogP contribution in [0.25, 0.3) is 16.7 Å². The van der Waals surface area contributed by atoms with E-state index >= 15 is 0 Å². The number of rotatable bonds is 9. The zero-order chi connectivity index (χ0) is 26.9. The van der Waals surface area contributed by atoms with Crippen molar-refractivity contribution >= 4 is 35.0 Å². The molecule has 1 aliphatic heterocycles. The highest BCUT2D eigenvalue weighted by Gasteiger charge is 2.16. The molecule has 10 nitrogen and oxygen atoms in total. The molecule has 0 bridgehead atoms. The van der Waals surface area contributed by atoms with E-state index < -0.39 is 0 Å². The van der Waals surface area contributed by atoms with E-state index in [4.69, 9.17) is 9.72 Å². The van der Waals surface area contributed by atoms with Crippen LogP contribution >= 0.6 is 11.8 Å². The molecule has 1 saturated carbocycles. The first-order valence-corrected chi connectivity index (χ1v) is 15.0. The first kappa shape index (κ1) is 27.0. The van der Waals surface area contributed by atoms with E-state index in [2.05, 4.69) is 31.2 Å². The average molecular weight is 549 g/mol. The summed E-state index contributed by atoms with van der Waals surface area (Å²) in [6, 6.07) is 8.42. The lowest BCUT2D eigenvalue weighted by Crippen LogP contribution is -2.32. The summed E-state index contributed by atoms with van der Waals surface area (Å²) in [5.74, 6) is 4.40. The Morgan fingerprint density at radius 2 is 2.03 bits per heavy atom. The molecule has 1 aliphatic carbocycles. The first-order valence-electron chi connectivity index (χ1n) is 13.6. The number of nitrogens with zero attached hydrogens (tertiary/aromatic N) is 7. The van der Waals surface area contributed by atoms with Gasteiger partial charge in [-0.25, -0.2) is 14.6 Å². The van der Waals surface area contributed by atoms with Crippen molar-refractivity contribution in [2.75, 3.05) is 30.5 Å². The summed E-state index contributed by atoms with van der Waals surface area (Å²) in [7, 11) is 0. The number of carbonyl (C=O) groups excluding carboxylic acids is 1. The normalized spacial score (nSPS) is 15.4. The topological polar surface area (TPSA) is 103 Å². The molecule has 1 aromatic carbocycles. The van der Waals surface area contributed by atoms with Crippen molar-refractivity contribution in [3.63, 3.8) is 0 Å². The van der Waals surface area contributed by atoms with Gasteiger partial charge in [-0.15, -0.1) is 0 Å². The molecule has 6 rings (SSSR count). The second kappa shape index (κ2) is 13.5. The number of benzene rings is 1. The van der Waals surface area contributed by atoms with E-state index in [0.717, 1.165) is 60.0 Å². The van der Waals surface area contributed by atoms with E-state index in [0.29, 0.717) is 25.1 Å². The fourth-order valence-electron chi connectivity index (χ4n) is 4.97. The van der Waals surface area contributed by atoms with Gasteiger partial charge in [-0.1, -0.05) is 25.3 Å². The summed E-state index contributed by atoms with van der Waals surface area (Å²) >= 11 is 1.84. The van der Waals surface area contributed by atoms with E-state index in [-0.39, 0.29) is 0 Å². The molecule has 4 heterocycles. The van der Waals surface area contributed by atoms with E-state index in [1.807, 2.05) is 53.1 Å². The summed E-state index contributed by atoms with van der Waals surface area (Å²) in [6.07, 6.45) is 17.7. The Balaban J connectivity index is 0.000000233. The third kappa shape index (κ3) is 6.89. The van der Waals surface area contributed by atoms with Crippen molar-refractivity contribution in [3.8, 4) is 11.6 Å². The Hall–Kier alpha value is -3.60. The van der Waals surface area contributed by atoms with Crippen LogP contribution in [0.5, 0.6) is 5.75 Å². The molecule has 0 spiro atoms. The molecule has 0 unspecified atom stereocenters. The maximum atomic E-state index is 10.4. The Morgan fingerprint density at radius 3 is 2.87 bits per heavy atom. The van der Waals surface area contributed by atoms with E-state index in [1.165, 1.54) is 32.1 Å². The smallest absolute Gasteiger partial charge is 0.224 e. The van der Waals surface area contributed by atoms with Gasteiger partial charge in [0.15, 0.2) is 5.82 Å². The minimum Gasteiger partial charge on any atom is -0.493 e. The number of thioether (sulfide) groups is 1. The summed E-state index contributed by atoms with van der Waals surface area (Å²) in [6.45, 7) is 3.03. The number of fused-ring (bicyclic) bond motifs is 2. The molecule has 206 valence electrons. The van der Waals surface area contributed by atoms with Crippen molar-refractivity contribution in [1.29, 1.82) is 0 Å². The van der Waals surface area contributed by atoms with Gasteiger partial charge in [-0.3, -0.25) is 4.79 Å². The molecule has 2 aliphatic rings. The van der Waals surface area contributed by atoms with Gasteiger partial charge in [0.2, 0.25) is 12.4 Å². The SMILES string of the molecule is CSCCCOc1cccc2c1cnn2-c1ccnc(NC2CCCCC2)n1.O=CN1CCn2ccnc2C1. The predicted octanol–water partition coefficient (Wildman–Crippen LogP) is 4.55. The molecular formula is C28H36N8O2S. The summed E-state index contributed by atoms with van der Waals surface area (Å²) in [5.41, 5.74) is 0.990. The maximum absolute atomic E-state index is 10.4. The highest BCUT2D eigenvalue weighted by molar-refractivity contribution is 7.98. The zero-order valence-corrected chi connectivity index (χ0v) is 23.2. The van der Waals surface area contributed by atoms with Crippen LogP contribution in [0, 0.1) is 0 Å². The number of imidazole rings is 1. The lowest BCUT2D eigenvalue weighted by molar-refractivity contribution is -0.119. The van der Waals surface area contributed by atoms with E-state index in [9.17, 15) is 4.79 Å². The number of ether oxygens (including phenoxy) is 1. The van der Waals surface area contributed by atoms with Crippen LogP contribution in [-0.4, -0.2) is 71.8 Å². The third-order valence-electron chi connectivity index (χ3n) is 7.04. The molecule has 0 atom stereocenters. The van der Waals surface area contributed by atoms with Gasteiger partial charge in [-0.05, 0) is 43.4 Å². The standard InChI is InChI=1S/C21H27N5OS.C7H9N3O/c1-28-14-6-13-27-19-10-5-9-18-17(19)15-23-26(18)20-11-12-22-21(25-20)24-16-7-3-2-4-8-16;11-6-9-3-4-10-2-1-8-7(10)5-9/h5,9-12,15-16H,2-4,6-8,13-14H2,1H3,(H,22,24,25);1-2,6H,3-5H2. The van der Waals surface area contributed by atoms with Crippen molar-refractivity contribution in [3.05, 3.63) is 54.9 Å². The van der Waals surface area contributed by atoms with Crippen LogP contribution in [0.3, 0.4) is 0 Å². The Labute approximate surface area is 233 Å². The monoisotopic (exact) mass is 548 g/mol. The molecular weight excluding hydrogens is 512 g/mol. The molecule has 1 amide bonds. The van der Waals surface area contributed by atoms with Crippen molar-refractivity contribution in [1.82, 2.24) is 34.2 Å². The molecule has 1 N–H and O–H groups in total. The third-order valence-corrected chi connectivity index (χ3v) is 7.74. The fourth-order valence-corrected chi connectivity index (χ4v) is 5.37. The average Bonchev–Trinajstić information content (AvgIpc) is 3.64. The van der Waals surface area contributed by atoms with Crippen LogP contribution < -0.4 is 10.1 Å². The predicted molar refractivity (Wildman–Crippen MR) is 154 cm³/mol.